The van der Waals surface area contributed by atoms with Gasteiger partial charge in [-0.2, -0.15) is 5.26 Å². The first-order valence-electron chi connectivity index (χ1n) is 10.1. The Bertz CT molecular complexity index is 988. The second-order valence-corrected chi connectivity index (χ2v) is 7.40. The predicted octanol–water partition coefficient (Wildman–Crippen LogP) is 3.89. The zero-order chi connectivity index (χ0) is 23.5. The van der Waals surface area contributed by atoms with E-state index in [0.29, 0.717) is 12.1 Å². The van der Waals surface area contributed by atoms with E-state index >= 15 is 0 Å². The largest absolute Gasteiger partial charge is 0.480 e. The number of nitrogens with one attached hydrogen (secondary N) is 1. The van der Waals surface area contributed by atoms with E-state index in [9.17, 15) is 19.5 Å². The van der Waals surface area contributed by atoms with Gasteiger partial charge in [-0.25, -0.2) is 9.59 Å². The molecule has 0 aliphatic rings. The van der Waals surface area contributed by atoms with E-state index in [4.69, 9.17) is 21.6 Å². The van der Waals surface area contributed by atoms with Crippen LogP contribution in [0.4, 0.5) is 4.79 Å². The predicted molar refractivity (Wildman–Crippen MR) is 119 cm³/mol. The van der Waals surface area contributed by atoms with Gasteiger partial charge in [-0.3, -0.25) is 9.69 Å². The molecule has 2 amide bonds. The van der Waals surface area contributed by atoms with Crippen molar-refractivity contribution in [3.05, 3.63) is 64.7 Å². The molecular formula is C23H24ClN3O5. The van der Waals surface area contributed by atoms with Crippen molar-refractivity contribution in [2.24, 2.45) is 0 Å². The Morgan fingerprint density at radius 1 is 1.19 bits per heavy atom. The first-order valence-corrected chi connectivity index (χ1v) is 10.4. The highest BCUT2D eigenvalue weighted by molar-refractivity contribution is 6.33. The molecular weight excluding hydrogens is 434 g/mol. The normalized spacial score (nSPS) is 11.2. The Morgan fingerprint density at radius 3 is 2.47 bits per heavy atom. The zero-order valence-electron chi connectivity index (χ0n) is 17.6. The van der Waals surface area contributed by atoms with E-state index in [1.165, 1.54) is 23.1 Å². The van der Waals surface area contributed by atoms with Gasteiger partial charge in [0.25, 0.3) is 5.91 Å². The molecule has 0 aliphatic carbocycles. The lowest BCUT2D eigenvalue weighted by molar-refractivity contribution is -0.139. The number of ether oxygens (including phenoxy) is 1. The quantitative estimate of drug-likeness (QED) is 0.522. The number of hydrogen-bond donors (Lipinski definition) is 2. The van der Waals surface area contributed by atoms with E-state index in [2.05, 4.69) is 5.32 Å². The Hall–Kier alpha value is -3.57. The summed E-state index contributed by atoms with van der Waals surface area (Å²) in [5.41, 5.74) is 0.809. The van der Waals surface area contributed by atoms with E-state index in [0.717, 1.165) is 12.8 Å². The van der Waals surface area contributed by atoms with Gasteiger partial charge >= 0.3 is 12.1 Å². The molecule has 0 fully saturated rings. The standard InChI is InChI=1S/C23H24ClN3O5/c1-2-3-13-27(14-12-25)23(31)32-17-10-8-16(9-11-17)15-20(22(29)30)26-21(28)18-6-4-5-7-19(18)24/h4-11,20H,2-3,13-15H2,1H3,(H,26,28)(H,29,30)/t20-/m0/s1. The number of carbonyl (C=O) groups is 3. The minimum Gasteiger partial charge on any atom is -0.480 e. The second-order valence-electron chi connectivity index (χ2n) is 6.99. The van der Waals surface area contributed by atoms with E-state index in [1.807, 2.05) is 13.0 Å². The summed E-state index contributed by atoms with van der Waals surface area (Å²) in [5, 5.41) is 21.1. The Morgan fingerprint density at radius 2 is 1.88 bits per heavy atom. The van der Waals surface area contributed by atoms with E-state index < -0.39 is 24.0 Å². The molecule has 0 spiro atoms. The Balaban J connectivity index is 2.02. The number of hydrogen-bond acceptors (Lipinski definition) is 5. The molecule has 32 heavy (non-hydrogen) atoms. The maximum absolute atomic E-state index is 12.4. The van der Waals surface area contributed by atoms with Crippen molar-refractivity contribution in [3.8, 4) is 11.8 Å². The number of benzene rings is 2. The number of rotatable bonds is 10. The molecule has 168 valence electrons. The fraction of sp³-hybridized carbons (Fsp3) is 0.304. The van der Waals surface area contributed by atoms with Gasteiger partial charge in [0.05, 0.1) is 16.7 Å². The van der Waals surface area contributed by atoms with Crippen LogP contribution < -0.4 is 10.1 Å². The van der Waals surface area contributed by atoms with Gasteiger partial charge in [-0.1, -0.05) is 49.2 Å². The lowest BCUT2D eigenvalue weighted by Gasteiger charge is -2.19. The van der Waals surface area contributed by atoms with Crippen molar-refractivity contribution in [1.29, 1.82) is 5.26 Å². The highest BCUT2D eigenvalue weighted by atomic mass is 35.5. The monoisotopic (exact) mass is 457 g/mol. The molecule has 2 aromatic rings. The average molecular weight is 458 g/mol. The number of nitriles is 1. The van der Waals surface area contributed by atoms with Crippen LogP contribution in [0.15, 0.2) is 48.5 Å². The van der Waals surface area contributed by atoms with Crippen molar-refractivity contribution in [2.45, 2.75) is 32.2 Å². The lowest BCUT2D eigenvalue weighted by Crippen LogP contribution is -2.42. The molecule has 0 saturated carbocycles. The number of carbonyl (C=O) groups excluding carboxylic acids is 2. The highest BCUT2D eigenvalue weighted by Crippen LogP contribution is 2.17. The van der Waals surface area contributed by atoms with Crippen LogP contribution >= 0.6 is 11.6 Å². The fourth-order valence-electron chi connectivity index (χ4n) is 2.85. The number of halogens is 1. The number of nitrogens with zero attached hydrogens (tertiary/aromatic N) is 2. The summed E-state index contributed by atoms with van der Waals surface area (Å²) >= 11 is 6.00. The molecule has 2 rings (SSSR count). The van der Waals surface area contributed by atoms with Gasteiger partial charge in [0.2, 0.25) is 0 Å². The Kier molecular flexibility index (Phi) is 9.51. The van der Waals surface area contributed by atoms with Crippen LogP contribution in [0.2, 0.25) is 5.02 Å². The van der Waals surface area contributed by atoms with Gasteiger partial charge < -0.3 is 15.2 Å². The number of unbranched alkanes of at least 4 members (excludes halogenated alkanes) is 1. The third-order valence-electron chi connectivity index (χ3n) is 4.59. The van der Waals surface area contributed by atoms with Gasteiger partial charge in [-0.05, 0) is 36.2 Å². The van der Waals surface area contributed by atoms with E-state index in [-0.39, 0.29) is 29.3 Å². The summed E-state index contributed by atoms with van der Waals surface area (Å²) in [6, 6.07) is 13.4. The molecule has 0 aliphatic heterocycles. The number of carboxylic acids is 1. The summed E-state index contributed by atoms with van der Waals surface area (Å²) in [6.07, 6.45) is 1.04. The molecule has 1 atom stereocenters. The number of amides is 2. The fourth-order valence-corrected chi connectivity index (χ4v) is 3.07. The SMILES string of the molecule is CCCCN(CC#N)C(=O)Oc1ccc(C[C@H](NC(=O)c2ccccc2Cl)C(=O)O)cc1. The number of carboxylic acid groups (broad SMARTS) is 1. The second kappa shape index (κ2) is 12.3. The molecule has 0 heterocycles. The summed E-state index contributed by atoms with van der Waals surface area (Å²) in [4.78, 5) is 37.6. The van der Waals surface area contributed by atoms with Gasteiger partial charge in [0.1, 0.15) is 18.3 Å². The molecule has 0 saturated heterocycles. The van der Waals surface area contributed by atoms with Gasteiger partial charge in [-0.15, -0.1) is 0 Å². The van der Waals surface area contributed by atoms with Crippen molar-refractivity contribution < 1.29 is 24.2 Å². The van der Waals surface area contributed by atoms with Crippen LogP contribution in [0.5, 0.6) is 5.75 Å². The van der Waals surface area contributed by atoms with Crippen molar-refractivity contribution in [2.75, 3.05) is 13.1 Å². The van der Waals surface area contributed by atoms with E-state index in [1.54, 1.807) is 30.3 Å². The van der Waals surface area contributed by atoms with Crippen LogP contribution in [0.3, 0.4) is 0 Å². The van der Waals surface area contributed by atoms with Crippen molar-refractivity contribution >= 4 is 29.6 Å². The van der Waals surface area contributed by atoms with Crippen molar-refractivity contribution in [3.63, 3.8) is 0 Å². The third-order valence-corrected chi connectivity index (χ3v) is 4.92. The first kappa shape index (κ1) is 24.7. The smallest absolute Gasteiger partial charge is 0.416 e. The lowest BCUT2D eigenvalue weighted by atomic mass is 10.1. The summed E-state index contributed by atoms with van der Waals surface area (Å²) in [6.45, 7) is 2.34. The van der Waals surface area contributed by atoms with Crippen LogP contribution in [-0.2, 0) is 11.2 Å². The first-order chi connectivity index (χ1) is 15.3. The molecule has 8 nitrogen and oxygen atoms in total. The van der Waals surface area contributed by atoms with Crippen LogP contribution in [0.1, 0.15) is 35.7 Å². The van der Waals surface area contributed by atoms with Gasteiger partial charge in [0.15, 0.2) is 0 Å². The summed E-state index contributed by atoms with van der Waals surface area (Å²) in [5.74, 6) is -1.51. The summed E-state index contributed by atoms with van der Waals surface area (Å²) < 4.78 is 5.30. The van der Waals surface area contributed by atoms with Crippen LogP contribution in [-0.4, -0.2) is 47.1 Å². The molecule has 0 unspecified atom stereocenters. The zero-order valence-corrected chi connectivity index (χ0v) is 18.3. The molecule has 0 bridgehead atoms. The topological polar surface area (TPSA) is 120 Å². The van der Waals surface area contributed by atoms with Crippen LogP contribution in [0.25, 0.3) is 0 Å². The minimum absolute atomic E-state index is 0.0246. The Labute approximate surface area is 191 Å². The minimum atomic E-state index is -1.19. The van der Waals surface area contributed by atoms with Crippen LogP contribution in [0, 0.1) is 11.3 Å². The number of aliphatic carboxylic acids is 1. The molecule has 0 radical (unpaired) electrons. The summed E-state index contributed by atoms with van der Waals surface area (Å²) in [7, 11) is 0. The molecule has 9 heteroatoms. The maximum atomic E-state index is 12.4. The third kappa shape index (κ3) is 7.29. The molecule has 2 aromatic carbocycles. The van der Waals surface area contributed by atoms with Gasteiger partial charge in [0, 0.05) is 13.0 Å². The maximum Gasteiger partial charge on any atom is 0.416 e. The van der Waals surface area contributed by atoms with Crippen molar-refractivity contribution in [1.82, 2.24) is 10.2 Å². The molecule has 2 N–H and O–H groups in total. The average Bonchev–Trinajstić information content (AvgIpc) is 2.77. The highest BCUT2D eigenvalue weighted by Gasteiger charge is 2.22. The molecule has 0 aromatic heterocycles.